The molecular formula is C19H24F3IN4S. The zero-order valence-electron chi connectivity index (χ0n) is 15.8. The Kier molecular flexibility index (Phi) is 7.72. The van der Waals surface area contributed by atoms with Crippen LogP contribution in [-0.2, 0) is 18.1 Å². The molecule has 4 nitrogen and oxygen atoms in total. The fraction of sp³-hybridized carbons (Fsp3) is 0.474. The van der Waals surface area contributed by atoms with Crippen molar-refractivity contribution in [1.29, 1.82) is 0 Å². The molecule has 0 radical (unpaired) electrons. The Labute approximate surface area is 184 Å². The number of guanidine groups is 1. The van der Waals surface area contributed by atoms with E-state index < -0.39 is 11.7 Å². The summed E-state index contributed by atoms with van der Waals surface area (Å²) in [7, 11) is 1.68. The van der Waals surface area contributed by atoms with Crippen LogP contribution in [0.3, 0.4) is 0 Å². The normalized spacial score (nSPS) is 16.1. The van der Waals surface area contributed by atoms with E-state index in [2.05, 4.69) is 20.6 Å². The van der Waals surface area contributed by atoms with Gasteiger partial charge in [-0.2, -0.15) is 13.2 Å². The van der Waals surface area contributed by atoms with E-state index in [1.54, 1.807) is 24.5 Å². The second kappa shape index (κ2) is 9.43. The molecule has 2 aromatic rings. The number of rotatable bonds is 5. The van der Waals surface area contributed by atoms with Gasteiger partial charge in [-0.15, -0.1) is 35.3 Å². The van der Waals surface area contributed by atoms with Crippen molar-refractivity contribution in [2.45, 2.75) is 44.3 Å². The standard InChI is InChI=1S/C19H23F3N4S.HI/c1-13-10-24-16(27-13)11-25-17(23-2)26-12-18(7-4-8-18)14-5-3-6-15(9-14)19(20,21)22;/h3,5-6,9-10H,4,7-8,11-12H2,1-2H3,(H2,23,25,26);1H. The van der Waals surface area contributed by atoms with Gasteiger partial charge in [0.2, 0.25) is 0 Å². The van der Waals surface area contributed by atoms with Crippen molar-refractivity contribution in [1.82, 2.24) is 15.6 Å². The molecule has 3 rings (SSSR count). The molecule has 0 spiro atoms. The van der Waals surface area contributed by atoms with E-state index in [0.29, 0.717) is 19.0 Å². The SMILES string of the molecule is CN=C(NCc1ncc(C)s1)NCC1(c2cccc(C(F)(F)F)c2)CCC1.I. The first-order chi connectivity index (χ1) is 12.8. The second-order valence-electron chi connectivity index (χ2n) is 6.86. The van der Waals surface area contributed by atoms with E-state index in [1.165, 1.54) is 12.1 Å². The number of hydrogen-bond acceptors (Lipinski definition) is 3. The summed E-state index contributed by atoms with van der Waals surface area (Å²) in [6, 6.07) is 5.70. The lowest BCUT2D eigenvalue weighted by Crippen LogP contribution is -2.48. The molecule has 1 fully saturated rings. The Morgan fingerprint density at radius 3 is 2.57 bits per heavy atom. The summed E-state index contributed by atoms with van der Waals surface area (Å²) in [5.41, 5.74) is -0.133. The Bertz CT molecular complexity index is 816. The minimum Gasteiger partial charge on any atom is -0.356 e. The molecule has 9 heteroatoms. The lowest BCUT2D eigenvalue weighted by molar-refractivity contribution is -0.137. The van der Waals surface area contributed by atoms with Crippen LogP contribution in [0.5, 0.6) is 0 Å². The van der Waals surface area contributed by atoms with Gasteiger partial charge in [0.25, 0.3) is 0 Å². The van der Waals surface area contributed by atoms with Crippen molar-refractivity contribution < 1.29 is 13.2 Å². The largest absolute Gasteiger partial charge is 0.416 e. The highest BCUT2D eigenvalue weighted by Gasteiger charge is 2.40. The Hall–Kier alpha value is -1.36. The van der Waals surface area contributed by atoms with Crippen LogP contribution in [-0.4, -0.2) is 24.5 Å². The molecule has 1 aromatic heterocycles. The first-order valence-corrected chi connectivity index (χ1v) is 9.68. The van der Waals surface area contributed by atoms with Gasteiger partial charge >= 0.3 is 6.18 Å². The van der Waals surface area contributed by atoms with E-state index in [9.17, 15) is 13.2 Å². The van der Waals surface area contributed by atoms with Gasteiger partial charge in [-0.25, -0.2) is 4.98 Å². The molecule has 1 saturated carbocycles. The summed E-state index contributed by atoms with van der Waals surface area (Å²) in [6.45, 7) is 3.11. The van der Waals surface area contributed by atoms with Crippen molar-refractivity contribution in [2.75, 3.05) is 13.6 Å². The smallest absolute Gasteiger partial charge is 0.356 e. The van der Waals surface area contributed by atoms with Crippen molar-refractivity contribution in [2.24, 2.45) is 4.99 Å². The van der Waals surface area contributed by atoms with Gasteiger partial charge in [0, 0.05) is 30.1 Å². The number of aryl methyl sites for hydroxylation is 1. The van der Waals surface area contributed by atoms with Crippen LogP contribution < -0.4 is 10.6 Å². The first kappa shape index (κ1) is 22.9. The number of thiazole rings is 1. The molecule has 1 heterocycles. The highest BCUT2D eigenvalue weighted by molar-refractivity contribution is 14.0. The number of aromatic nitrogens is 1. The predicted octanol–water partition coefficient (Wildman–Crippen LogP) is 4.88. The van der Waals surface area contributed by atoms with Gasteiger partial charge in [0.15, 0.2) is 5.96 Å². The number of nitrogens with zero attached hydrogens (tertiary/aromatic N) is 2. The number of aliphatic imine (C=N–C) groups is 1. The third kappa shape index (κ3) is 5.37. The van der Waals surface area contributed by atoms with Crippen LogP contribution in [0.2, 0.25) is 0 Å². The van der Waals surface area contributed by atoms with E-state index >= 15 is 0 Å². The van der Waals surface area contributed by atoms with Gasteiger partial charge in [-0.3, -0.25) is 4.99 Å². The molecule has 0 aliphatic heterocycles. The summed E-state index contributed by atoms with van der Waals surface area (Å²) in [4.78, 5) is 9.66. The molecule has 0 bridgehead atoms. The molecule has 0 amide bonds. The molecule has 0 unspecified atom stereocenters. The first-order valence-electron chi connectivity index (χ1n) is 8.86. The minimum atomic E-state index is -4.32. The van der Waals surface area contributed by atoms with Crippen molar-refractivity contribution >= 4 is 41.3 Å². The second-order valence-corrected chi connectivity index (χ2v) is 8.18. The molecule has 1 aliphatic carbocycles. The van der Waals surface area contributed by atoms with Crippen LogP contribution >= 0.6 is 35.3 Å². The number of alkyl halides is 3. The van der Waals surface area contributed by atoms with Crippen LogP contribution in [0.25, 0.3) is 0 Å². The summed E-state index contributed by atoms with van der Waals surface area (Å²) in [5.74, 6) is 0.626. The number of nitrogens with one attached hydrogen (secondary N) is 2. The topological polar surface area (TPSA) is 49.3 Å². The van der Waals surface area contributed by atoms with Gasteiger partial charge in [-0.1, -0.05) is 24.6 Å². The lowest BCUT2D eigenvalue weighted by atomic mass is 9.64. The van der Waals surface area contributed by atoms with Crippen LogP contribution in [0.4, 0.5) is 13.2 Å². The highest BCUT2D eigenvalue weighted by atomic mass is 127. The van der Waals surface area contributed by atoms with Gasteiger partial charge in [0.1, 0.15) is 5.01 Å². The third-order valence-electron chi connectivity index (χ3n) is 5.01. The molecule has 28 heavy (non-hydrogen) atoms. The van der Waals surface area contributed by atoms with Crippen molar-refractivity contribution in [3.8, 4) is 0 Å². The zero-order chi connectivity index (χ0) is 19.5. The monoisotopic (exact) mass is 524 g/mol. The van der Waals surface area contributed by atoms with Crippen LogP contribution in [0.1, 0.15) is 40.3 Å². The zero-order valence-corrected chi connectivity index (χ0v) is 18.9. The van der Waals surface area contributed by atoms with Gasteiger partial charge in [-0.05, 0) is 31.4 Å². The maximum absolute atomic E-state index is 13.1. The molecule has 0 saturated heterocycles. The number of hydrogen-bond donors (Lipinski definition) is 2. The van der Waals surface area contributed by atoms with E-state index in [0.717, 1.165) is 40.8 Å². The summed E-state index contributed by atoms with van der Waals surface area (Å²) < 4.78 is 39.2. The molecular weight excluding hydrogens is 500 g/mol. The van der Waals surface area contributed by atoms with Crippen LogP contribution in [0, 0.1) is 6.92 Å². The number of benzene rings is 1. The molecule has 1 aromatic carbocycles. The summed E-state index contributed by atoms with van der Waals surface area (Å²) in [5, 5.41) is 7.46. The van der Waals surface area contributed by atoms with Gasteiger partial charge < -0.3 is 10.6 Å². The van der Waals surface area contributed by atoms with Crippen LogP contribution in [0.15, 0.2) is 35.5 Å². The van der Waals surface area contributed by atoms with Crippen molar-refractivity contribution in [3.05, 3.63) is 51.5 Å². The minimum absolute atomic E-state index is 0. The van der Waals surface area contributed by atoms with E-state index in [-0.39, 0.29) is 29.4 Å². The molecule has 154 valence electrons. The number of halogens is 4. The summed E-state index contributed by atoms with van der Waals surface area (Å²) >= 11 is 1.62. The fourth-order valence-corrected chi connectivity index (χ4v) is 4.04. The van der Waals surface area contributed by atoms with E-state index in [1.807, 2.05) is 13.1 Å². The Balaban J connectivity index is 0.00000280. The fourth-order valence-electron chi connectivity index (χ4n) is 3.31. The Morgan fingerprint density at radius 1 is 1.29 bits per heavy atom. The molecule has 0 atom stereocenters. The highest BCUT2D eigenvalue weighted by Crippen LogP contribution is 2.44. The average Bonchev–Trinajstić information content (AvgIpc) is 3.01. The van der Waals surface area contributed by atoms with E-state index in [4.69, 9.17) is 0 Å². The van der Waals surface area contributed by atoms with Gasteiger partial charge in [0.05, 0.1) is 12.1 Å². The third-order valence-corrected chi connectivity index (χ3v) is 5.92. The predicted molar refractivity (Wildman–Crippen MR) is 117 cm³/mol. The molecule has 2 N–H and O–H groups in total. The lowest BCUT2D eigenvalue weighted by Gasteiger charge is -2.43. The average molecular weight is 524 g/mol. The summed E-state index contributed by atoms with van der Waals surface area (Å²) in [6.07, 6.45) is 0.253. The quantitative estimate of drug-likeness (QED) is 0.333. The maximum Gasteiger partial charge on any atom is 0.416 e. The Morgan fingerprint density at radius 2 is 2.04 bits per heavy atom. The maximum atomic E-state index is 13.1. The van der Waals surface area contributed by atoms with Crippen molar-refractivity contribution in [3.63, 3.8) is 0 Å². The molecule has 1 aliphatic rings.